The summed E-state index contributed by atoms with van der Waals surface area (Å²) in [6.07, 6.45) is 2.48. The number of sulfonamides is 1. The molecule has 4 rings (SSSR count). The van der Waals surface area contributed by atoms with Crippen LogP contribution in [0.2, 0.25) is 0 Å². The standard InChI is InChI=1S/C21H23N3O6S/c22-20-19-13(12-31(28,29)23-20)4-3-6-18(19)30-11-14-5-1-2-9-24(14)21(27)16-8-7-15(25)10-17(16)26/h3-4,6-8,10,14,25-26H,1-2,5,9,11-12H2,(H2,22,23)/t14-/m1/s1. The zero-order chi connectivity index (χ0) is 22.2. The smallest absolute Gasteiger partial charge is 0.259 e. The lowest BCUT2D eigenvalue weighted by molar-refractivity contribution is 0.0525. The summed E-state index contributed by atoms with van der Waals surface area (Å²) in [4.78, 5) is 14.7. The van der Waals surface area contributed by atoms with Crippen LogP contribution in [0.3, 0.4) is 0 Å². The predicted octanol–water partition coefficient (Wildman–Crippen LogP) is 1.72. The average molecular weight is 445 g/mol. The van der Waals surface area contributed by atoms with Crippen molar-refractivity contribution in [1.29, 1.82) is 0 Å². The fourth-order valence-electron chi connectivity index (χ4n) is 4.01. The van der Waals surface area contributed by atoms with Crippen LogP contribution in [-0.2, 0) is 15.8 Å². The van der Waals surface area contributed by atoms with E-state index in [-0.39, 0.29) is 47.2 Å². The number of nitrogens with two attached hydrogens (primary N) is 1. The van der Waals surface area contributed by atoms with E-state index in [4.69, 9.17) is 10.5 Å². The van der Waals surface area contributed by atoms with E-state index >= 15 is 0 Å². The Morgan fingerprint density at radius 3 is 2.81 bits per heavy atom. The molecule has 1 fully saturated rings. The third kappa shape index (κ3) is 4.29. The predicted molar refractivity (Wildman–Crippen MR) is 114 cm³/mol. The number of ether oxygens (including phenoxy) is 1. The average Bonchev–Trinajstić information content (AvgIpc) is 2.71. The summed E-state index contributed by atoms with van der Waals surface area (Å²) >= 11 is 0. The highest BCUT2D eigenvalue weighted by molar-refractivity contribution is 7.89. The fourth-order valence-corrected chi connectivity index (χ4v) is 5.10. The van der Waals surface area contributed by atoms with Crippen LogP contribution in [0.25, 0.3) is 0 Å². The molecule has 1 atom stereocenters. The SMILES string of the molecule is NC1=NS(=O)(=O)Cc2cccc(OC[C@H]3CCCCN3C(=O)c3ccc(O)cc3O)c21. The van der Waals surface area contributed by atoms with Crippen LogP contribution in [0.5, 0.6) is 17.2 Å². The van der Waals surface area contributed by atoms with E-state index in [0.717, 1.165) is 25.3 Å². The van der Waals surface area contributed by atoms with Gasteiger partial charge >= 0.3 is 0 Å². The van der Waals surface area contributed by atoms with Crippen LogP contribution in [-0.4, -0.2) is 54.5 Å². The van der Waals surface area contributed by atoms with Crippen molar-refractivity contribution in [2.24, 2.45) is 10.1 Å². The van der Waals surface area contributed by atoms with Crippen LogP contribution in [0.15, 0.2) is 40.8 Å². The van der Waals surface area contributed by atoms with Crippen molar-refractivity contribution in [1.82, 2.24) is 4.90 Å². The van der Waals surface area contributed by atoms with Gasteiger partial charge in [-0.05, 0) is 43.0 Å². The molecule has 10 heteroatoms. The fraction of sp³-hybridized carbons (Fsp3) is 0.333. The van der Waals surface area contributed by atoms with Gasteiger partial charge in [0.05, 0.1) is 22.9 Å². The van der Waals surface area contributed by atoms with E-state index < -0.39 is 10.0 Å². The Morgan fingerprint density at radius 2 is 2.03 bits per heavy atom. The first kappa shape index (κ1) is 21.0. The molecule has 0 unspecified atom stereocenters. The molecule has 1 saturated heterocycles. The van der Waals surface area contributed by atoms with Crippen molar-refractivity contribution in [3.8, 4) is 17.2 Å². The molecule has 2 aliphatic heterocycles. The molecule has 0 bridgehead atoms. The van der Waals surface area contributed by atoms with E-state index in [1.165, 1.54) is 12.1 Å². The number of rotatable bonds is 4. The van der Waals surface area contributed by atoms with Crippen LogP contribution < -0.4 is 10.5 Å². The number of amides is 1. The Hall–Kier alpha value is -3.27. The minimum absolute atomic E-state index is 0.109. The third-order valence-electron chi connectivity index (χ3n) is 5.47. The van der Waals surface area contributed by atoms with Crippen LogP contribution in [0.4, 0.5) is 0 Å². The quantitative estimate of drug-likeness (QED) is 0.650. The van der Waals surface area contributed by atoms with Gasteiger partial charge in [-0.1, -0.05) is 12.1 Å². The molecule has 2 aromatic rings. The molecule has 4 N–H and O–H groups in total. The molecule has 0 spiro atoms. The van der Waals surface area contributed by atoms with E-state index in [2.05, 4.69) is 4.40 Å². The van der Waals surface area contributed by atoms with Gasteiger partial charge in [-0.2, -0.15) is 0 Å². The van der Waals surface area contributed by atoms with Gasteiger partial charge in [0.2, 0.25) is 0 Å². The largest absolute Gasteiger partial charge is 0.508 e. The first-order chi connectivity index (χ1) is 14.7. The Labute approximate surface area is 179 Å². The zero-order valence-corrected chi connectivity index (χ0v) is 17.5. The number of phenolic OH excluding ortho intramolecular Hbond substituents is 2. The van der Waals surface area contributed by atoms with Gasteiger partial charge in [0.1, 0.15) is 29.7 Å². The number of hydrogen-bond donors (Lipinski definition) is 3. The van der Waals surface area contributed by atoms with Gasteiger partial charge in [-0.25, -0.2) is 8.42 Å². The van der Waals surface area contributed by atoms with E-state index in [9.17, 15) is 23.4 Å². The van der Waals surface area contributed by atoms with Gasteiger partial charge in [0.15, 0.2) is 0 Å². The molecular weight excluding hydrogens is 422 g/mol. The maximum absolute atomic E-state index is 13.0. The van der Waals surface area contributed by atoms with Gasteiger partial charge in [-0.15, -0.1) is 4.40 Å². The van der Waals surface area contributed by atoms with Crippen LogP contribution >= 0.6 is 0 Å². The summed E-state index contributed by atoms with van der Waals surface area (Å²) in [5, 5.41) is 19.6. The molecule has 0 aliphatic carbocycles. The number of amidine groups is 1. The Morgan fingerprint density at radius 1 is 1.23 bits per heavy atom. The summed E-state index contributed by atoms with van der Waals surface area (Å²) in [6, 6.07) is 8.70. The number of aromatic hydroxyl groups is 2. The lowest BCUT2D eigenvalue weighted by Gasteiger charge is -2.36. The second-order valence-electron chi connectivity index (χ2n) is 7.65. The number of benzene rings is 2. The number of hydrogen-bond acceptors (Lipinski definition) is 7. The molecule has 2 aliphatic rings. The highest BCUT2D eigenvalue weighted by atomic mass is 32.2. The first-order valence-corrected chi connectivity index (χ1v) is 11.5. The van der Waals surface area contributed by atoms with E-state index in [1.807, 2.05) is 0 Å². The Bertz CT molecular complexity index is 1160. The maximum atomic E-state index is 13.0. The third-order valence-corrected chi connectivity index (χ3v) is 6.63. The van der Waals surface area contributed by atoms with Gasteiger partial charge in [-0.3, -0.25) is 4.79 Å². The molecular formula is C21H23N3O6S. The minimum atomic E-state index is -3.64. The number of nitrogens with zero attached hydrogens (tertiary/aromatic N) is 2. The molecule has 0 saturated carbocycles. The molecule has 2 heterocycles. The van der Waals surface area contributed by atoms with Crippen molar-refractivity contribution in [3.05, 3.63) is 53.1 Å². The second-order valence-corrected chi connectivity index (χ2v) is 9.29. The van der Waals surface area contributed by atoms with Crippen molar-refractivity contribution < 1.29 is 28.2 Å². The molecule has 1 amide bonds. The number of likely N-dealkylation sites (tertiary alicyclic amines) is 1. The van der Waals surface area contributed by atoms with Crippen molar-refractivity contribution in [2.75, 3.05) is 13.2 Å². The Balaban J connectivity index is 1.55. The van der Waals surface area contributed by atoms with Crippen molar-refractivity contribution in [2.45, 2.75) is 31.1 Å². The summed E-state index contributed by atoms with van der Waals surface area (Å²) in [5.74, 6) is -0.677. The molecule has 2 aromatic carbocycles. The van der Waals surface area contributed by atoms with E-state index in [1.54, 1.807) is 23.1 Å². The summed E-state index contributed by atoms with van der Waals surface area (Å²) in [5.41, 5.74) is 6.99. The maximum Gasteiger partial charge on any atom is 0.259 e. The van der Waals surface area contributed by atoms with Crippen molar-refractivity contribution >= 4 is 21.8 Å². The van der Waals surface area contributed by atoms with Crippen LogP contribution in [0, 0.1) is 0 Å². The molecule has 0 aromatic heterocycles. The lowest BCUT2D eigenvalue weighted by Crippen LogP contribution is -2.46. The summed E-state index contributed by atoms with van der Waals surface area (Å²) in [7, 11) is -3.64. The van der Waals surface area contributed by atoms with Gasteiger partial charge in [0, 0.05) is 12.6 Å². The highest BCUT2D eigenvalue weighted by Gasteiger charge is 2.31. The first-order valence-electron chi connectivity index (χ1n) is 9.91. The molecule has 164 valence electrons. The normalized spacial score (nSPS) is 19.9. The number of carbonyl (C=O) groups excluding carboxylic acids is 1. The molecule has 9 nitrogen and oxygen atoms in total. The van der Waals surface area contributed by atoms with Gasteiger partial charge in [0.25, 0.3) is 15.9 Å². The number of fused-ring (bicyclic) bond motifs is 1. The van der Waals surface area contributed by atoms with Crippen LogP contribution in [0.1, 0.15) is 40.7 Å². The lowest BCUT2D eigenvalue weighted by atomic mass is 10.0. The second kappa shape index (κ2) is 8.10. The summed E-state index contributed by atoms with van der Waals surface area (Å²) in [6.45, 7) is 0.697. The van der Waals surface area contributed by atoms with E-state index in [0.29, 0.717) is 23.4 Å². The highest BCUT2D eigenvalue weighted by Crippen LogP contribution is 2.30. The number of piperidine rings is 1. The van der Waals surface area contributed by atoms with Crippen molar-refractivity contribution in [3.63, 3.8) is 0 Å². The minimum Gasteiger partial charge on any atom is -0.508 e. The Kier molecular flexibility index (Phi) is 5.48. The topological polar surface area (TPSA) is 143 Å². The molecule has 31 heavy (non-hydrogen) atoms. The zero-order valence-electron chi connectivity index (χ0n) is 16.7. The monoisotopic (exact) mass is 445 g/mol. The summed E-state index contributed by atoms with van der Waals surface area (Å²) < 4.78 is 33.3. The number of carbonyl (C=O) groups is 1. The number of phenols is 2. The molecule has 0 radical (unpaired) electrons. The van der Waals surface area contributed by atoms with Gasteiger partial charge < -0.3 is 25.6 Å².